The molecule has 0 saturated carbocycles. The molecule has 0 atom stereocenters. The van der Waals surface area contributed by atoms with Crippen LogP contribution in [0.15, 0.2) is 66.7 Å². The number of nitrogens with zero attached hydrogens (tertiary/aromatic N) is 1. The van der Waals surface area contributed by atoms with Crippen LogP contribution in [0.25, 0.3) is 0 Å². The Labute approximate surface area is 180 Å². The van der Waals surface area contributed by atoms with Gasteiger partial charge in [0.2, 0.25) is 0 Å². The molecule has 0 unspecified atom stereocenters. The molecule has 0 spiro atoms. The van der Waals surface area contributed by atoms with Gasteiger partial charge in [0, 0.05) is 12.2 Å². The fourth-order valence-electron chi connectivity index (χ4n) is 3.74. The summed E-state index contributed by atoms with van der Waals surface area (Å²) in [5.41, 5.74) is 3.70. The van der Waals surface area contributed by atoms with Crippen LogP contribution in [0.2, 0.25) is 0 Å². The minimum absolute atomic E-state index is 0.0840. The van der Waals surface area contributed by atoms with E-state index in [1.807, 2.05) is 19.1 Å². The molecule has 0 bridgehead atoms. The van der Waals surface area contributed by atoms with E-state index in [1.165, 1.54) is 12.1 Å². The Balaban J connectivity index is 1.50. The van der Waals surface area contributed by atoms with Gasteiger partial charge in [-0.05, 0) is 55.7 Å². The van der Waals surface area contributed by atoms with Crippen LogP contribution in [0.5, 0.6) is 5.75 Å². The Morgan fingerprint density at radius 1 is 1.06 bits per heavy atom. The number of fused-ring (bicyclic) bond motifs is 1. The highest BCUT2D eigenvalue weighted by Crippen LogP contribution is 2.31. The monoisotopic (exact) mass is 418 g/mol. The van der Waals surface area contributed by atoms with E-state index in [0.29, 0.717) is 17.9 Å². The third-order valence-corrected chi connectivity index (χ3v) is 5.22. The molecular formula is C25H23FN2O3. The molecule has 0 aliphatic carbocycles. The second-order valence-corrected chi connectivity index (χ2v) is 7.51. The highest BCUT2D eigenvalue weighted by molar-refractivity contribution is 6.08. The minimum Gasteiger partial charge on any atom is -0.483 e. The maximum Gasteiger partial charge on any atom is 0.262 e. The number of amides is 2. The van der Waals surface area contributed by atoms with Crippen molar-refractivity contribution >= 4 is 23.2 Å². The van der Waals surface area contributed by atoms with Gasteiger partial charge in [-0.3, -0.25) is 9.59 Å². The molecule has 6 heteroatoms. The molecule has 4 rings (SSSR count). The minimum atomic E-state index is -0.523. The van der Waals surface area contributed by atoms with Gasteiger partial charge in [-0.25, -0.2) is 4.39 Å². The van der Waals surface area contributed by atoms with E-state index in [9.17, 15) is 14.0 Å². The molecular weight excluding hydrogens is 395 g/mol. The predicted molar refractivity (Wildman–Crippen MR) is 118 cm³/mol. The molecule has 5 nitrogen and oxygen atoms in total. The summed E-state index contributed by atoms with van der Waals surface area (Å²) in [6.45, 7) is 2.32. The van der Waals surface area contributed by atoms with Crippen molar-refractivity contribution in [1.29, 1.82) is 0 Å². The van der Waals surface area contributed by atoms with Crippen LogP contribution in [0.4, 0.5) is 15.8 Å². The molecule has 0 fully saturated rings. The number of nitrogens with one attached hydrogen (secondary N) is 1. The number of ether oxygens (including phenoxy) is 1. The largest absolute Gasteiger partial charge is 0.483 e. The zero-order valence-corrected chi connectivity index (χ0v) is 17.2. The lowest BCUT2D eigenvalue weighted by Crippen LogP contribution is -2.35. The van der Waals surface area contributed by atoms with Crippen molar-refractivity contribution in [2.24, 2.45) is 0 Å². The van der Waals surface area contributed by atoms with Crippen LogP contribution < -0.4 is 15.0 Å². The average molecular weight is 418 g/mol. The number of halogens is 1. The highest BCUT2D eigenvalue weighted by Gasteiger charge is 2.25. The first-order valence-electron chi connectivity index (χ1n) is 10.2. The maximum atomic E-state index is 13.7. The van der Waals surface area contributed by atoms with E-state index >= 15 is 0 Å². The molecule has 1 heterocycles. The summed E-state index contributed by atoms with van der Waals surface area (Å²) >= 11 is 0. The smallest absolute Gasteiger partial charge is 0.262 e. The fraction of sp³-hybridized carbons (Fsp3) is 0.200. The van der Waals surface area contributed by atoms with E-state index in [0.717, 1.165) is 29.7 Å². The van der Waals surface area contributed by atoms with Crippen molar-refractivity contribution in [3.63, 3.8) is 0 Å². The van der Waals surface area contributed by atoms with E-state index in [2.05, 4.69) is 11.4 Å². The van der Waals surface area contributed by atoms with Crippen molar-refractivity contribution in [3.05, 3.63) is 89.2 Å². The summed E-state index contributed by atoms with van der Waals surface area (Å²) in [6, 6.07) is 18.9. The lowest BCUT2D eigenvalue weighted by Gasteiger charge is -2.30. The fourth-order valence-corrected chi connectivity index (χ4v) is 3.74. The summed E-state index contributed by atoms with van der Waals surface area (Å²) in [7, 11) is 0. The second kappa shape index (κ2) is 9.00. The lowest BCUT2D eigenvalue weighted by molar-refractivity contribution is -0.118. The predicted octanol–water partition coefficient (Wildman–Crippen LogP) is 4.74. The van der Waals surface area contributed by atoms with Crippen LogP contribution in [-0.2, 0) is 11.2 Å². The van der Waals surface area contributed by atoms with Gasteiger partial charge in [-0.1, -0.05) is 42.0 Å². The number of anilines is 2. The van der Waals surface area contributed by atoms with Gasteiger partial charge in [0.25, 0.3) is 11.8 Å². The standard InChI is InChI=1S/C25H23FN2O3/c1-17-12-13-22-18(15-17)7-6-14-28(22)25(30)19-8-2-5-11-23(19)31-16-24(29)27-21-10-4-3-9-20(21)26/h2-5,8-13,15H,6-7,14,16H2,1H3,(H,27,29). The Hall–Kier alpha value is -3.67. The molecule has 1 aliphatic heterocycles. The zero-order chi connectivity index (χ0) is 21.8. The number of carbonyl (C=O) groups is 2. The first kappa shape index (κ1) is 20.6. The Morgan fingerprint density at radius 3 is 2.68 bits per heavy atom. The molecule has 0 radical (unpaired) electrons. The first-order chi connectivity index (χ1) is 15.0. The van der Waals surface area contributed by atoms with Crippen molar-refractivity contribution in [2.75, 3.05) is 23.4 Å². The number of rotatable bonds is 5. The normalized spacial score (nSPS) is 12.8. The molecule has 158 valence electrons. The lowest BCUT2D eigenvalue weighted by atomic mass is 9.98. The van der Waals surface area contributed by atoms with Crippen LogP contribution >= 0.6 is 0 Å². The van der Waals surface area contributed by atoms with Gasteiger partial charge >= 0.3 is 0 Å². The summed E-state index contributed by atoms with van der Waals surface area (Å²) in [5, 5.41) is 2.48. The molecule has 3 aromatic rings. The van der Waals surface area contributed by atoms with Gasteiger partial charge in [0.1, 0.15) is 11.6 Å². The van der Waals surface area contributed by atoms with Crippen molar-refractivity contribution in [2.45, 2.75) is 19.8 Å². The average Bonchev–Trinajstić information content (AvgIpc) is 2.78. The summed E-state index contributed by atoms with van der Waals surface area (Å²) in [6.07, 6.45) is 1.82. The molecule has 0 saturated heterocycles. The van der Waals surface area contributed by atoms with Gasteiger partial charge in [0.05, 0.1) is 11.3 Å². The van der Waals surface area contributed by atoms with Crippen molar-refractivity contribution < 1.29 is 18.7 Å². The quantitative estimate of drug-likeness (QED) is 0.651. The second-order valence-electron chi connectivity index (χ2n) is 7.51. The third-order valence-electron chi connectivity index (χ3n) is 5.22. The Kier molecular flexibility index (Phi) is 5.98. The van der Waals surface area contributed by atoms with E-state index < -0.39 is 11.7 Å². The van der Waals surface area contributed by atoms with Crippen molar-refractivity contribution in [3.8, 4) is 5.75 Å². The summed E-state index contributed by atoms with van der Waals surface area (Å²) < 4.78 is 19.4. The topological polar surface area (TPSA) is 58.6 Å². The van der Waals surface area contributed by atoms with Crippen molar-refractivity contribution in [1.82, 2.24) is 0 Å². The van der Waals surface area contributed by atoms with E-state index in [-0.39, 0.29) is 18.2 Å². The molecule has 3 aromatic carbocycles. The Bertz CT molecular complexity index is 1130. The number of carbonyl (C=O) groups excluding carboxylic acids is 2. The van der Waals surface area contributed by atoms with Gasteiger partial charge in [0.15, 0.2) is 6.61 Å². The van der Waals surface area contributed by atoms with Crippen LogP contribution in [0.1, 0.15) is 27.9 Å². The molecule has 31 heavy (non-hydrogen) atoms. The summed E-state index contributed by atoms with van der Waals surface area (Å²) in [5.74, 6) is -0.887. The van der Waals surface area contributed by atoms with Gasteiger partial charge < -0.3 is 15.0 Å². The van der Waals surface area contributed by atoms with Gasteiger partial charge in [-0.15, -0.1) is 0 Å². The van der Waals surface area contributed by atoms with Crippen LogP contribution in [0, 0.1) is 12.7 Å². The highest BCUT2D eigenvalue weighted by atomic mass is 19.1. The first-order valence-corrected chi connectivity index (χ1v) is 10.2. The maximum absolute atomic E-state index is 13.7. The number of benzene rings is 3. The number of hydrogen-bond acceptors (Lipinski definition) is 3. The molecule has 1 N–H and O–H groups in total. The Morgan fingerprint density at radius 2 is 1.84 bits per heavy atom. The zero-order valence-electron chi connectivity index (χ0n) is 17.2. The van der Waals surface area contributed by atoms with Gasteiger partial charge in [-0.2, -0.15) is 0 Å². The van der Waals surface area contributed by atoms with Crippen LogP contribution in [0.3, 0.4) is 0 Å². The van der Waals surface area contributed by atoms with E-state index in [1.54, 1.807) is 41.3 Å². The molecule has 0 aromatic heterocycles. The number of hydrogen-bond donors (Lipinski definition) is 1. The molecule has 2 amide bonds. The molecule has 1 aliphatic rings. The number of para-hydroxylation sites is 2. The van der Waals surface area contributed by atoms with Crippen LogP contribution in [-0.4, -0.2) is 25.0 Å². The SMILES string of the molecule is Cc1ccc2c(c1)CCCN2C(=O)c1ccccc1OCC(=O)Nc1ccccc1F. The number of aryl methyl sites for hydroxylation is 2. The third kappa shape index (κ3) is 4.58. The van der Waals surface area contributed by atoms with E-state index in [4.69, 9.17) is 4.74 Å². The summed E-state index contributed by atoms with van der Waals surface area (Å²) in [4.78, 5) is 27.3.